The lowest BCUT2D eigenvalue weighted by atomic mass is 10.2. The van der Waals surface area contributed by atoms with Crippen molar-refractivity contribution in [3.63, 3.8) is 0 Å². The van der Waals surface area contributed by atoms with Gasteiger partial charge in [-0.15, -0.1) is 0 Å². The van der Waals surface area contributed by atoms with Crippen LogP contribution in [0.1, 0.15) is 20.8 Å². The Morgan fingerprint density at radius 3 is 1.78 bits per heavy atom. The quantitative estimate of drug-likeness (QED) is 0.466. The van der Waals surface area contributed by atoms with Crippen molar-refractivity contribution in [1.82, 2.24) is 0 Å². The monoisotopic (exact) mass is 286 g/mol. The van der Waals surface area contributed by atoms with E-state index in [9.17, 15) is 8.42 Å². The van der Waals surface area contributed by atoms with Crippen LogP contribution in [-0.2, 0) is 28.8 Å². The van der Waals surface area contributed by atoms with E-state index in [1.807, 2.05) is 20.8 Å². The Balaban J connectivity index is 3.17. The van der Waals surface area contributed by atoms with Crippen molar-refractivity contribution in [2.24, 2.45) is 0 Å². The third-order valence-corrected chi connectivity index (χ3v) is 2.06. The van der Waals surface area contributed by atoms with E-state index in [0.717, 1.165) is 0 Å². The van der Waals surface area contributed by atoms with Gasteiger partial charge in [0.15, 0.2) is 0 Å². The molecule has 0 aliphatic rings. The topological polar surface area (TPSA) is 91.3 Å². The predicted molar refractivity (Wildman–Crippen MR) is 64.8 cm³/mol. The maximum Gasteiger partial charge on any atom is 0.397 e. The first-order chi connectivity index (χ1) is 8.21. The molecule has 1 N–H and O–H groups in total. The van der Waals surface area contributed by atoms with Gasteiger partial charge in [0.25, 0.3) is 0 Å². The van der Waals surface area contributed by atoms with Gasteiger partial charge in [-0.25, -0.2) is 4.18 Å². The van der Waals surface area contributed by atoms with Crippen LogP contribution in [0.3, 0.4) is 0 Å². The number of ether oxygens (including phenoxy) is 3. The molecule has 0 aliphatic heterocycles. The number of rotatable bonds is 10. The second kappa shape index (κ2) is 8.78. The fraction of sp³-hybridized carbons (Fsp3) is 1.00. The Morgan fingerprint density at radius 2 is 1.33 bits per heavy atom. The summed E-state index contributed by atoms with van der Waals surface area (Å²) in [6.07, 6.45) is 0. The first-order valence-electron chi connectivity index (χ1n) is 5.62. The van der Waals surface area contributed by atoms with E-state index >= 15 is 0 Å². The molecule has 110 valence electrons. The maximum atomic E-state index is 10.2. The average molecular weight is 286 g/mol. The van der Waals surface area contributed by atoms with Crippen molar-refractivity contribution in [3.8, 4) is 0 Å². The van der Waals surface area contributed by atoms with Crippen LogP contribution < -0.4 is 0 Å². The lowest BCUT2D eigenvalue weighted by Crippen LogP contribution is -2.22. The Hall–Kier alpha value is -0.250. The highest BCUT2D eigenvalue weighted by Crippen LogP contribution is 2.05. The van der Waals surface area contributed by atoms with Crippen molar-refractivity contribution >= 4 is 10.4 Å². The second-order valence-corrected chi connectivity index (χ2v) is 5.53. The fourth-order valence-corrected chi connectivity index (χ4v) is 1.21. The molecule has 0 fully saturated rings. The van der Waals surface area contributed by atoms with Gasteiger partial charge in [-0.3, -0.25) is 4.55 Å². The van der Waals surface area contributed by atoms with Crippen LogP contribution in [-0.4, -0.2) is 58.2 Å². The smallest absolute Gasteiger partial charge is 0.377 e. The van der Waals surface area contributed by atoms with Crippen LogP contribution in [0.5, 0.6) is 0 Å². The van der Waals surface area contributed by atoms with Crippen molar-refractivity contribution in [2.75, 3.05) is 39.6 Å². The molecule has 0 heterocycles. The minimum atomic E-state index is -4.37. The minimum Gasteiger partial charge on any atom is -0.377 e. The molecule has 8 heteroatoms. The van der Waals surface area contributed by atoms with E-state index in [-0.39, 0.29) is 18.8 Å². The first kappa shape index (κ1) is 17.8. The summed E-state index contributed by atoms with van der Waals surface area (Å²) in [4.78, 5) is 0. The molecule has 0 amide bonds. The second-order valence-electron chi connectivity index (χ2n) is 4.44. The molecule has 0 aromatic heterocycles. The Bertz CT molecular complexity index is 294. The summed E-state index contributed by atoms with van der Waals surface area (Å²) in [6.45, 7) is 7.44. The summed E-state index contributed by atoms with van der Waals surface area (Å²) in [5.41, 5.74) is -0.174. The average Bonchev–Trinajstić information content (AvgIpc) is 2.17. The van der Waals surface area contributed by atoms with Gasteiger partial charge in [-0.2, -0.15) is 8.42 Å². The van der Waals surface area contributed by atoms with Crippen molar-refractivity contribution < 1.29 is 31.4 Å². The summed E-state index contributed by atoms with van der Waals surface area (Å²) in [7, 11) is -4.37. The lowest BCUT2D eigenvalue weighted by Gasteiger charge is -2.19. The molecule has 0 aliphatic carbocycles. The summed E-state index contributed by atoms with van der Waals surface area (Å²) in [5.74, 6) is 0. The van der Waals surface area contributed by atoms with E-state index in [4.69, 9.17) is 18.8 Å². The van der Waals surface area contributed by atoms with Gasteiger partial charge in [0.05, 0.1) is 45.2 Å². The molecule has 0 aromatic carbocycles. The van der Waals surface area contributed by atoms with Gasteiger partial charge >= 0.3 is 10.4 Å². The standard InChI is InChI=1S/C10H22O7S/c1-10(2,3)16-8-6-14-4-5-15-7-9-17-18(11,12)13/h4-9H2,1-3H3,(H,11,12,13). The van der Waals surface area contributed by atoms with Crippen molar-refractivity contribution in [2.45, 2.75) is 26.4 Å². The molecule has 0 unspecified atom stereocenters. The predicted octanol–water partition coefficient (Wildman–Crippen LogP) is 0.654. The molecular weight excluding hydrogens is 264 g/mol. The molecule has 0 saturated carbocycles. The molecule has 0 atom stereocenters. The summed E-state index contributed by atoms with van der Waals surface area (Å²) in [6, 6.07) is 0. The Morgan fingerprint density at radius 1 is 0.889 bits per heavy atom. The van der Waals surface area contributed by atoms with Gasteiger partial charge in [-0.05, 0) is 20.8 Å². The molecule has 0 aromatic rings. The van der Waals surface area contributed by atoms with Crippen LogP contribution in [0.15, 0.2) is 0 Å². The number of hydrogen-bond acceptors (Lipinski definition) is 6. The van der Waals surface area contributed by atoms with Crippen LogP contribution in [0.4, 0.5) is 0 Å². The van der Waals surface area contributed by atoms with Crippen LogP contribution in [0.25, 0.3) is 0 Å². The van der Waals surface area contributed by atoms with Gasteiger partial charge in [0.2, 0.25) is 0 Å². The number of hydrogen-bond donors (Lipinski definition) is 1. The Labute approximate surface area is 108 Å². The molecular formula is C10H22O7S. The normalized spacial score (nSPS) is 12.9. The zero-order valence-corrected chi connectivity index (χ0v) is 11.9. The van der Waals surface area contributed by atoms with Crippen molar-refractivity contribution in [3.05, 3.63) is 0 Å². The fourth-order valence-electron chi connectivity index (χ4n) is 0.927. The molecule has 0 radical (unpaired) electrons. The van der Waals surface area contributed by atoms with Crippen molar-refractivity contribution in [1.29, 1.82) is 0 Å². The third kappa shape index (κ3) is 15.8. The summed E-state index contributed by atoms with van der Waals surface area (Å²) < 4.78 is 48.3. The molecule has 0 rings (SSSR count). The zero-order valence-electron chi connectivity index (χ0n) is 11.0. The van der Waals surface area contributed by atoms with Crippen LogP contribution in [0, 0.1) is 0 Å². The SMILES string of the molecule is CC(C)(C)OCCOCCOCCOS(=O)(=O)O. The minimum absolute atomic E-state index is 0.0711. The van der Waals surface area contributed by atoms with Crippen LogP contribution in [0.2, 0.25) is 0 Å². The third-order valence-electron chi connectivity index (χ3n) is 1.59. The van der Waals surface area contributed by atoms with Gasteiger partial charge in [0, 0.05) is 0 Å². The highest BCUT2D eigenvalue weighted by Gasteiger charge is 2.08. The largest absolute Gasteiger partial charge is 0.397 e. The van der Waals surface area contributed by atoms with E-state index in [2.05, 4.69) is 4.18 Å². The molecule has 0 bridgehead atoms. The van der Waals surface area contributed by atoms with Gasteiger partial charge in [0.1, 0.15) is 0 Å². The molecule has 0 spiro atoms. The zero-order chi connectivity index (χ0) is 14.1. The van der Waals surface area contributed by atoms with Crippen LogP contribution >= 0.6 is 0 Å². The van der Waals surface area contributed by atoms with E-state index in [1.165, 1.54) is 0 Å². The summed E-state index contributed by atoms with van der Waals surface area (Å²) >= 11 is 0. The maximum absolute atomic E-state index is 10.2. The first-order valence-corrected chi connectivity index (χ1v) is 6.98. The van der Waals surface area contributed by atoms with E-state index < -0.39 is 10.4 Å². The Kier molecular flexibility index (Phi) is 8.66. The lowest BCUT2D eigenvalue weighted by molar-refractivity contribution is -0.0433. The molecule has 18 heavy (non-hydrogen) atoms. The highest BCUT2D eigenvalue weighted by molar-refractivity contribution is 7.80. The van der Waals surface area contributed by atoms with Gasteiger partial charge in [-0.1, -0.05) is 0 Å². The van der Waals surface area contributed by atoms with Gasteiger partial charge < -0.3 is 14.2 Å². The molecule has 0 saturated heterocycles. The molecule has 7 nitrogen and oxygen atoms in total. The van der Waals surface area contributed by atoms with E-state index in [1.54, 1.807) is 0 Å². The van der Waals surface area contributed by atoms with E-state index in [0.29, 0.717) is 26.4 Å². The summed E-state index contributed by atoms with van der Waals surface area (Å²) in [5, 5.41) is 0. The highest BCUT2D eigenvalue weighted by atomic mass is 32.3.